The summed E-state index contributed by atoms with van der Waals surface area (Å²) in [4.78, 5) is 184. The summed E-state index contributed by atoms with van der Waals surface area (Å²) in [5.74, 6) is -8.03. The Kier molecular flexibility index (Phi) is 22.1. The van der Waals surface area contributed by atoms with Crippen molar-refractivity contribution >= 4 is 120 Å². The third kappa shape index (κ3) is 13.8. The van der Waals surface area contributed by atoms with Crippen LogP contribution in [0.1, 0.15) is 268 Å². The van der Waals surface area contributed by atoms with Crippen molar-refractivity contribution in [3.05, 3.63) is 316 Å². The van der Waals surface area contributed by atoms with Crippen molar-refractivity contribution in [2.45, 2.75) is 186 Å². The van der Waals surface area contributed by atoms with E-state index in [0.717, 1.165) is 125 Å². The number of carbonyl (C=O) groups excluding carboxylic acids is 12. The second-order valence-electron chi connectivity index (χ2n) is 38.7. The summed E-state index contributed by atoms with van der Waals surface area (Å²) in [6.45, 7) is 9.06. The lowest BCUT2D eigenvalue weighted by Crippen LogP contribution is -2.53. The molecule has 0 saturated heterocycles. The molecule has 0 spiro atoms. The van der Waals surface area contributed by atoms with Crippen LogP contribution in [0.15, 0.2) is 238 Å². The number of esters is 4. The van der Waals surface area contributed by atoms with E-state index in [2.05, 4.69) is 0 Å². The van der Waals surface area contributed by atoms with Gasteiger partial charge in [-0.25, -0.2) is 14.4 Å². The lowest BCUT2D eigenvalue weighted by molar-refractivity contribution is -0.149. The zero-order valence-electron chi connectivity index (χ0n) is 77.5. The average molecular weight is 1840 g/mol. The van der Waals surface area contributed by atoms with Gasteiger partial charge in [0, 0.05) is 86.6 Å². The van der Waals surface area contributed by atoms with Gasteiger partial charge < -0.3 is 28.4 Å². The van der Waals surface area contributed by atoms with Crippen LogP contribution in [0.5, 0.6) is 17.2 Å². The Balaban J connectivity index is 0.547. The fourth-order valence-corrected chi connectivity index (χ4v) is 24.2. The molecule has 22 nitrogen and oxygen atoms in total. The Morgan fingerprint density at radius 3 is 1.45 bits per heavy atom. The van der Waals surface area contributed by atoms with E-state index in [9.17, 15) is 19.2 Å². The molecule has 2 saturated carbocycles. The van der Waals surface area contributed by atoms with Gasteiger partial charge >= 0.3 is 23.9 Å². The molecule has 694 valence electrons. The second-order valence-corrected chi connectivity index (χ2v) is 38.7. The molecule has 23 rings (SSSR count). The molecule has 2 fully saturated rings. The van der Waals surface area contributed by atoms with Crippen molar-refractivity contribution in [1.82, 2.24) is 19.6 Å². The summed E-state index contributed by atoms with van der Waals surface area (Å²) in [5, 5.41) is 3.49. The summed E-state index contributed by atoms with van der Waals surface area (Å²) in [6, 6.07) is 34.1. The monoisotopic (exact) mass is 1840 g/mol. The highest BCUT2D eigenvalue weighted by atomic mass is 16.5. The predicted octanol–water partition coefficient (Wildman–Crippen LogP) is 20.7. The molecule has 0 radical (unpaired) electrons. The number of carbonyl (C=O) groups is 12. The molecule has 6 unspecified atom stereocenters. The lowest BCUT2D eigenvalue weighted by atomic mass is 9.63. The van der Waals surface area contributed by atoms with E-state index >= 15 is 38.4 Å². The second kappa shape index (κ2) is 34.9. The van der Waals surface area contributed by atoms with Crippen LogP contribution in [0.4, 0.5) is 0 Å². The number of fused-ring (bicyclic) bond motifs is 6. The molecule has 8 aromatic carbocycles. The first-order chi connectivity index (χ1) is 67.4. The molecule has 0 bridgehead atoms. The third-order valence-electron chi connectivity index (χ3n) is 30.9. The predicted molar refractivity (Wildman–Crippen MR) is 517 cm³/mol. The highest BCUT2D eigenvalue weighted by Gasteiger charge is 2.55. The van der Waals surface area contributed by atoms with Gasteiger partial charge in [0.1, 0.15) is 28.9 Å². The number of imide groups is 4. The molecule has 0 N–H and O–H groups in total. The largest absolute Gasteiger partial charge is 0.465 e. The molecular weight excluding hydrogens is 1740 g/mol. The minimum atomic E-state index is -0.870. The molecule has 8 aromatic rings. The molecule has 6 atom stereocenters. The fraction of sp³-hybridized carbons (Fsp3) is 0.328. The highest BCUT2D eigenvalue weighted by Crippen LogP contribution is 2.63. The van der Waals surface area contributed by atoms with E-state index in [-0.39, 0.29) is 98.7 Å². The van der Waals surface area contributed by atoms with E-state index in [4.69, 9.17) is 28.4 Å². The van der Waals surface area contributed by atoms with E-state index in [1.807, 2.05) is 143 Å². The molecule has 4 aliphatic heterocycles. The maximum absolute atomic E-state index is 15.7. The van der Waals surface area contributed by atoms with Crippen LogP contribution < -0.4 is 9.47 Å². The van der Waals surface area contributed by atoms with Gasteiger partial charge in [0.05, 0.1) is 66.4 Å². The maximum Gasteiger partial charge on any atom is 0.338 e. The Bertz CT molecular complexity index is 7230. The van der Waals surface area contributed by atoms with Crippen molar-refractivity contribution in [3.63, 3.8) is 0 Å². The smallest absolute Gasteiger partial charge is 0.338 e. The number of ether oxygens (including phenoxy) is 6. The summed E-state index contributed by atoms with van der Waals surface area (Å²) < 4.78 is 37.6. The first kappa shape index (κ1) is 87.5. The topological polar surface area (TPSA) is 273 Å². The number of hydrogen-bond donors (Lipinski definition) is 0. The number of unbranched alkanes of at least 4 members (excludes halogenated alkanes) is 4. The van der Waals surface area contributed by atoms with Crippen molar-refractivity contribution in [3.8, 4) is 17.2 Å². The highest BCUT2D eigenvalue weighted by molar-refractivity contribution is 6.31. The summed E-state index contributed by atoms with van der Waals surface area (Å²) in [7, 11) is 0. The van der Waals surface area contributed by atoms with Crippen molar-refractivity contribution in [2.75, 3.05) is 39.5 Å². The molecule has 15 aliphatic rings. The van der Waals surface area contributed by atoms with Crippen LogP contribution in [0.2, 0.25) is 0 Å². The van der Waals surface area contributed by atoms with Gasteiger partial charge in [0.2, 0.25) is 11.8 Å². The van der Waals surface area contributed by atoms with Crippen LogP contribution in [-0.4, -0.2) is 142 Å². The van der Waals surface area contributed by atoms with E-state index < -0.39 is 94.8 Å². The van der Waals surface area contributed by atoms with Gasteiger partial charge in [-0.15, -0.1) is 0 Å². The molecule has 4 heterocycles. The van der Waals surface area contributed by atoms with Gasteiger partial charge in [-0.3, -0.25) is 62.8 Å². The van der Waals surface area contributed by atoms with Crippen LogP contribution in [0.3, 0.4) is 0 Å². The Morgan fingerprint density at radius 1 is 0.355 bits per heavy atom. The van der Waals surface area contributed by atoms with E-state index in [1.165, 1.54) is 19.6 Å². The molecule has 0 aromatic heterocycles. The number of nitrogens with zero attached hydrogens (tertiary/aromatic N) is 4. The van der Waals surface area contributed by atoms with Crippen LogP contribution in [0, 0.1) is 17.8 Å². The van der Waals surface area contributed by atoms with Gasteiger partial charge in [0.25, 0.3) is 35.4 Å². The zero-order valence-corrected chi connectivity index (χ0v) is 77.5. The van der Waals surface area contributed by atoms with Gasteiger partial charge in [-0.1, -0.05) is 207 Å². The van der Waals surface area contributed by atoms with Crippen LogP contribution in [-0.2, 0) is 60.6 Å². The van der Waals surface area contributed by atoms with Gasteiger partial charge in [-0.05, 0) is 236 Å². The van der Waals surface area contributed by atoms with Crippen LogP contribution in [0.25, 0.3) is 49.0 Å². The lowest BCUT2D eigenvalue weighted by Gasteiger charge is -2.45. The first-order valence-corrected chi connectivity index (χ1v) is 49.5. The van der Waals surface area contributed by atoms with Crippen molar-refractivity contribution in [1.29, 1.82) is 0 Å². The molecule has 11 aliphatic carbocycles. The number of amides is 8. The van der Waals surface area contributed by atoms with E-state index in [0.29, 0.717) is 168 Å². The Morgan fingerprint density at radius 2 is 0.819 bits per heavy atom. The number of allylic oxidation sites excluding steroid dienone is 11. The summed E-state index contributed by atoms with van der Waals surface area (Å²) in [5.41, 5.74) is 15.1. The van der Waals surface area contributed by atoms with Gasteiger partial charge in [-0.2, -0.15) is 0 Å². The van der Waals surface area contributed by atoms with Crippen molar-refractivity contribution < 1.29 is 86.0 Å². The first-order valence-electron chi connectivity index (χ1n) is 49.5. The van der Waals surface area contributed by atoms with Gasteiger partial charge in [0.15, 0.2) is 0 Å². The molecule has 8 amide bonds. The maximum atomic E-state index is 15.7. The Labute approximate surface area is 797 Å². The number of rotatable bonds is 28. The average Bonchev–Trinajstić information content (AvgIpc) is 0.680. The zero-order chi connectivity index (χ0) is 94.5. The Hall–Kier alpha value is -14.5. The number of benzene rings is 8. The number of hydrogen-bond acceptors (Lipinski definition) is 18. The molecule has 138 heavy (non-hydrogen) atoms. The standard InChI is InChI=1S/C116H102N4O18/c1-5-9-55-133-113(129)83-47-35-71-67-31-41-77-95-78(42-32-68(91(67)95)72-36-48-84(99(83)93(71)72)114(130)134-56-10-6-2)106(122)117(105(77)121)53-51-61-23-27-65(28-24-61)137-89-59-87-97-81(109(125)119(111(87)127)63-19-15-13-16-20-63)46-40-76-102-90(60-88-98-82(45-39-75(104(98)102)101(89)103(76)97)110(126)120(112(88)128)64-21-17-14-18-22-64)138-66-29-25-62(26-30-66)52-54-118-107(123)79-43-33-69-73-37-49-85(115(131)135-57-11-7-3)100-86(116(132)136-58-12-8-4)50-38-74(94(73)100)70-34-44-80(108(118)124)96(79)92(69)70/h23-50,59-60,63-64,67,73,78,81,86,101H,5-22,51-58H2,1-4H3. The fourth-order valence-electron chi connectivity index (χ4n) is 24.2. The minimum absolute atomic E-state index is 0.0299. The quantitative estimate of drug-likeness (QED) is 0.0191. The normalized spacial score (nSPS) is 21.6. The van der Waals surface area contributed by atoms with Crippen LogP contribution >= 0.6 is 0 Å². The SMILES string of the molecule is CCCCOC(=O)C1=C2C3=C(C=CC2C(=O)OCCCC)c2ccc4c5c(ccc(c25)C3C=C1)C(=O)N(CCc1ccc(Oc2cc3c5c(ccc6c5c2C2=C5C7=C(C=C(Oc8ccc(CCN9C(=O)C%10=C%11C%12=C(C=CC%11C9=O)c9ccc(C(=O)OCCCC)c%11c(C(=O)OCCCC)ccc(c9%11)C%12C=C%10)cc8)C56)C(=O)N(C5CCCCC5)C(=O)C7C=C2)C(=O)N(C2CCCCC2)C3=O)cc1)C4=O. The van der Waals surface area contributed by atoms with E-state index in [1.54, 1.807) is 66.8 Å². The third-order valence-corrected chi connectivity index (χ3v) is 30.9. The molecular formula is C116H102N4O18. The minimum Gasteiger partial charge on any atom is -0.465 e. The summed E-state index contributed by atoms with van der Waals surface area (Å²) in [6.07, 6.45) is 35.2. The van der Waals surface area contributed by atoms with Crippen molar-refractivity contribution in [2.24, 2.45) is 17.8 Å². The molecule has 22 heteroatoms. The summed E-state index contributed by atoms with van der Waals surface area (Å²) >= 11 is 0.